The smallest absolute Gasteiger partial charge is 0.410 e. The molecule has 3 heterocycles. The molecule has 2 aromatic heterocycles. The topological polar surface area (TPSA) is 127 Å². The lowest BCUT2D eigenvalue weighted by Gasteiger charge is -2.34. The van der Waals surface area contributed by atoms with Crippen molar-refractivity contribution in [1.29, 1.82) is 0 Å². The second-order valence-electron chi connectivity index (χ2n) is 13.4. The highest BCUT2D eigenvalue weighted by atomic mass is 32.2. The van der Waals surface area contributed by atoms with E-state index in [2.05, 4.69) is 14.9 Å². The maximum Gasteiger partial charge on any atom is 0.410 e. The van der Waals surface area contributed by atoms with Gasteiger partial charge in [-0.3, -0.25) is 9.10 Å². The molecule has 1 fully saturated rings. The van der Waals surface area contributed by atoms with Crippen molar-refractivity contribution in [1.82, 2.24) is 19.8 Å². The first-order valence-corrected chi connectivity index (χ1v) is 17.8. The molecular weight excluding hydrogens is 630 g/mol. The summed E-state index contributed by atoms with van der Waals surface area (Å²) in [5, 5.41) is 3.30. The largest absolute Gasteiger partial charge is 0.455 e. The fourth-order valence-electron chi connectivity index (χ4n) is 6.20. The number of imidazole rings is 1. The molecule has 3 aromatic carbocycles. The van der Waals surface area contributed by atoms with Gasteiger partial charge in [0.2, 0.25) is 10.0 Å². The Kier molecular flexibility index (Phi) is 8.49. The molecule has 6 rings (SSSR count). The standard InChI is InChI=1S/C36H41N5O6S/c1-22-8-10-23(11-9-22)33-32(34(42)37-5)27-19-26(29(20-31(27)46-33)39(6)48(7,44)45)24-12-13-28-30(18-24)41(21-38-28)25-14-16-40(17-15-25)35(43)47-36(2,3)4/h8-13,18-21,25H,14-17H2,1-7H3,(H,37,42). The van der Waals surface area contributed by atoms with Gasteiger partial charge in [-0.15, -0.1) is 0 Å². The lowest BCUT2D eigenvalue weighted by atomic mass is 9.97. The number of carbonyl (C=O) groups excluding carboxylic acids is 2. The molecule has 11 nitrogen and oxygen atoms in total. The van der Waals surface area contributed by atoms with E-state index < -0.39 is 15.6 Å². The number of nitrogens with zero attached hydrogens (tertiary/aromatic N) is 4. The van der Waals surface area contributed by atoms with Crippen LogP contribution in [-0.2, 0) is 14.8 Å². The third-order valence-electron chi connectivity index (χ3n) is 8.81. The Labute approximate surface area is 280 Å². The van der Waals surface area contributed by atoms with Crippen LogP contribution < -0.4 is 9.62 Å². The number of aryl methyl sites for hydroxylation is 1. The number of fused-ring (bicyclic) bond motifs is 2. The van der Waals surface area contributed by atoms with Crippen LogP contribution in [-0.4, -0.2) is 73.9 Å². The maximum absolute atomic E-state index is 13.3. The first-order chi connectivity index (χ1) is 22.6. The fourth-order valence-corrected chi connectivity index (χ4v) is 6.71. The van der Waals surface area contributed by atoms with Gasteiger partial charge in [0.25, 0.3) is 5.91 Å². The van der Waals surface area contributed by atoms with Crippen molar-refractivity contribution in [2.24, 2.45) is 0 Å². The molecule has 48 heavy (non-hydrogen) atoms. The van der Waals surface area contributed by atoms with Crippen LogP contribution in [0.15, 0.2) is 65.3 Å². The highest BCUT2D eigenvalue weighted by molar-refractivity contribution is 7.92. The van der Waals surface area contributed by atoms with Crippen molar-refractivity contribution in [3.8, 4) is 22.5 Å². The number of hydrogen-bond donors (Lipinski definition) is 1. The van der Waals surface area contributed by atoms with Gasteiger partial charge in [0.05, 0.1) is 34.9 Å². The maximum atomic E-state index is 13.3. The van der Waals surface area contributed by atoms with Crippen LogP contribution >= 0.6 is 0 Å². The Morgan fingerprint density at radius 1 is 1.02 bits per heavy atom. The second kappa shape index (κ2) is 12.3. The summed E-state index contributed by atoms with van der Waals surface area (Å²) in [4.78, 5) is 32.4. The summed E-state index contributed by atoms with van der Waals surface area (Å²) in [6.07, 6.45) is 4.13. The van der Waals surface area contributed by atoms with Gasteiger partial charge in [0.1, 0.15) is 16.9 Å². The number of anilines is 1. The SMILES string of the molecule is CNC(=O)c1c(-c2ccc(C)cc2)oc2cc(N(C)S(C)(=O)=O)c(-c3ccc4ncn(C5CCN(C(=O)OC(C)(C)C)CC5)c4c3)cc12. The molecule has 0 radical (unpaired) electrons. The molecular formula is C36H41N5O6S. The van der Waals surface area contributed by atoms with E-state index in [9.17, 15) is 18.0 Å². The predicted octanol–water partition coefficient (Wildman–Crippen LogP) is 6.75. The number of hydrogen-bond acceptors (Lipinski definition) is 7. The van der Waals surface area contributed by atoms with Crippen LogP contribution in [0.25, 0.3) is 44.5 Å². The summed E-state index contributed by atoms with van der Waals surface area (Å²) in [6.45, 7) is 8.68. The summed E-state index contributed by atoms with van der Waals surface area (Å²) in [6, 6.07) is 17.1. The molecule has 0 spiro atoms. The van der Waals surface area contributed by atoms with Crippen LogP contribution in [0.1, 0.15) is 55.6 Å². The van der Waals surface area contributed by atoms with Crippen LogP contribution in [0, 0.1) is 6.92 Å². The Morgan fingerprint density at radius 2 is 1.69 bits per heavy atom. The Bertz CT molecular complexity index is 2140. The van der Waals surface area contributed by atoms with Gasteiger partial charge in [0, 0.05) is 55.8 Å². The summed E-state index contributed by atoms with van der Waals surface area (Å²) in [7, 11) is -0.591. The number of amides is 2. The number of carbonyl (C=O) groups is 2. The van der Waals surface area contributed by atoms with Crippen LogP contribution in [0.2, 0.25) is 0 Å². The Hall–Kier alpha value is -4.84. The number of sulfonamides is 1. The second-order valence-corrected chi connectivity index (χ2v) is 15.4. The molecule has 0 bridgehead atoms. The molecule has 0 unspecified atom stereocenters. The van der Waals surface area contributed by atoms with Gasteiger partial charge in [0.15, 0.2) is 0 Å². The van der Waals surface area contributed by atoms with Gasteiger partial charge in [-0.05, 0) is 64.3 Å². The number of aromatic nitrogens is 2. The molecule has 0 atom stereocenters. The molecule has 2 amide bonds. The number of likely N-dealkylation sites (tertiary alicyclic amines) is 1. The highest BCUT2D eigenvalue weighted by Crippen LogP contribution is 2.42. The van der Waals surface area contributed by atoms with E-state index in [-0.39, 0.29) is 18.0 Å². The van der Waals surface area contributed by atoms with E-state index in [4.69, 9.17) is 9.15 Å². The first-order valence-electron chi connectivity index (χ1n) is 15.9. The van der Waals surface area contributed by atoms with Crippen LogP contribution in [0.5, 0.6) is 0 Å². The molecule has 0 saturated carbocycles. The Balaban J connectivity index is 1.45. The molecule has 0 aliphatic carbocycles. The number of benzene rings is 3. The van der Waals surface area contributed by atoms with Gasteiger partial charge < -0.3 is 23.9 Å². The first kappa shape index (κ1) is 33.1. The molecule has 1 aliphatic rings. The monoisotopic (exact) mass is 671 g/mol. The van der Waals surface area contributed by atoms with Gasteiger partial charge in [-0.2, -0.15) is 0 Å². The molecule has 252 valence electrons. The minimum atomic E-state index is -3.66. The molecule has 1 saturated heterocycles. The summed E-state index contributed by atoms with van der Waals surface area (Å²) in [5.41, 5.74) is 5.47. The molecule has 12 heteroatoms. The van der Waals surface area contributed by atoms with E-state index in [0.29, 0.717) is 46.6 Å². The average molecular weight is 672 g/mol. The van der Waals surface area contributed by atoms with Crippen molar-refractivity contribution < 1.29 is 27.2 Å². The van der Waals surface area contributed by atoms with Crippen LogP contribution in [0.3, 0.4) is 0 Å². The van der Waals surface area contributed by atoms with Gasteiger partial charge >= 0.3 is 6.09 Å². The lowest BCUT2D eigenvalue weighted by Crippen LogP contribution is -2.42. The van der Waals surface area contributed by atoms with Crippen molar-refractivity contribution >= 4 is 49.7 Å². The highest BCUT2D eigenvalue weighted by Gasteiger charge is 2.29. The van der Waals surface area contributed by atoms with Crippen molar-refractivity contribution in [3.63, 3.8) is 0 Å². The van der Waals surface area contributed by atoms with Crippen molar-refractivity contribution in [2.45, 2.75) is 52.2 Å². The minimum absolute atomic E-state index is 0.107. The molecule has 1 N–H and O–H groups in total. The van der Waals surface area contributed by atoms with Crippen molar-refractivity contribution in [3.05, 3.63) is 72.1 Å². The van der Waals surface area contributed by atoms with E-state index in [1.54, 1.807) is 18.0 Å². The quantitative estimate of drug-likeness (QED) is 0.212. The molecule has 1 aliphatic heterocycles. The minimum Gasteiger partial charge on any atom is -0.455 e. The number of furan rings is 1. The normalized spacial score (nSPS) is 14.4. The third-order valence-corrected chi connectivity index (χ3v) is 10.00. The number of nitrogens with one attached hydrogen (secondary N) is 1. The van der Waals surface area contributed by atoms with E-state index in [1.165, 1.54) is 11.4 Å². The zero-order chi connectivity index (χ0) is 34.5. The van der Waals surface area contributed by atoms with Gasteiger partial charge in [-0.1, -0.05) is 35.9 Å². The van der Waals surface area contributed by atoms with E-state index in [1.807, 2.05) is 82.6 Å². The zero-order valence-corrected chi connectivity index (χ0v) is 29.1. The number of rotatable bonds is 6. The molecule has 5 aromatic rings. The van der Waals surface area contributed by atoms with Crippen LogP contribution in [0.4, 0.5) is 10.5 Å². The van der Waals surface area contributed by atoms with Crippen molar-refractivity contribution in [2.75, 3.05) is 37.7 Å². The summed E-state index contributed by atoms with van der Waals surface area (Å²) >= 11 is 0. The third kappa shape index (κ3) is 6.36. The number of piperidine rings is 1. The Morgan fingerprint density at radius 3 is 2.31 bits per heavy atom. The number of ether oxygens (including phenoxy) is 1. The van der Waals surface area contributed by atoms with E-state index >= 15 is 0 Å². The average Bonchev–Trinajstić information content (AvgIpc) is 3.63. The van der Waals surface area contributed by atoms with Gasteiger partial charge in [-0.25, -0.2) is 18.2 Å². The predicted molar refractivity (Wildman–Crippen MR) is 188 cm³/mol. The zero-order valence-electron chi connectivity index (χ0n) is 28.3. The van der Waals surface area contributed by atoms with E-state index in [0.717, 1.165) is 46.8 Å². The summed E-state index contributed by atoms with van der Waals surface area (Å²) < 4.78 is 41.0. The lowest BCUT2D eigenvalue weighted by molar-refractivity contribution is 0.0189. The fraction of sp³-hybridized carbons (Fsp3) is 0.361. The summed E-state index contributed by atoms with van der Waals surface area (Å²) in [5.74, 6) is 0.0893.